The summed E-state index contributed by atoms with van der Waals surface area (Å²) in [4.78, 5) is 7.04. The van der Waals surface area contributed by atoms with E-state index in [1.807, 2.05) is 0 Å². The monoisotopic (exact) mass is 277 g/mol. The van der Waals surface area contributed by atoms with Gasteiger partial charge in [-0.3, -0.25) is 0 Å². The predicted molar refractivity (Wildman–Crippen MR) is 65.4 cm³/mol. The topological polar surface area (TPSA) is 103 Å². The number of guanidine groups is 2. The number of nitrogens with zero attached hydrogens (tertiary/aromatic N) is 2. The number of para-hydroxylation sites is 1. The normalized spacial score (nSPS) is 12.3. The first-order chi connectivity index (χ1) is 8.28. The third-order valence-corrected chi connectivity index (χ3v) is 2.37. The molecule has 0 fully saturated rings. The van der Waals surface area contributed by atoms with Crippen molar-refractivity contribution in [3.05, 3.63) is 24.3 Å². The second-order valence-corrected chi connectivity index (χ2v) is 4.13. The van der Waals surface area contributed by atoms with Crippen LogP contribution in [0, 0.1) is 0 Å². The number of nitrogens with two attached hydrogens (primary N) is 3. The van der Waals surface area contributed by atoms with Crippen molar-refractivity contribution in [2.75, 3.05) is 0 Å². The standard InChI is InChI=1S/C9H10F3N5S/c10-9(11,12)18-6-4-2-1-3-5(6)16-8(15)17-7(13)14/h1-4H,(H6,13,14,15,16,17). The average Bonchev–Trinajstić information content (AvgIpc) is 2.17. The van der Waals surface area contributed by atoms with Gasteiger partial charge in [0.1, 0.15) is 0 Å². The fraction of sp³-hybridized carbons (Fsp3) is 0.111. The van der Waals surface area contributed by atoms with Crippen LogP contribution in [0.25, 0.3) is 0 Å². The number of hydrogen-bond acceptors (Lipinski definition) is 2. The van der Waals surface area contributed by atoms with E-state index in [1.54, 1.807) is 0 Å². The summed E-state index contributed by atoms with van der Waals surface area (Å²) in [5, 5.41) is 0. The molecule has 0 unspecified atom stereocenters. The summed E-state index contributed by atoms with van der Waals surface area (Å²) in [7, 11) is 0. The molecule has 0 radical (unpaired) electrons. The van der Waals surface area contributed by atoms with Gasteiger partial charge in [-0.2, -0.15) is 18.2 Å². The Balaban J connectivity index is 3.06. The Hall–Kier alpha value is -1.90. The van der Waals surface area contributed by atoms with E-state index in [0.29, 0.717) is 0 Å². The zero-order valence-electron chi connectivity index (χ0n) is 8.98. The minimum absolute atomic E-state index is 0.0438. The third kappa shape index (κ3) is 4.95. The van der Waals surface area contributed by atoms with Crippen LogP contribution in [-0.4, -0.2) is 17.4 Å². The number of halogens is 3. The number of alkyl halides is 3. The molecule has 0 saturated carbocycles. The molecule has 0 aliphatic rings. The first-order valence-electron chi connectivity index (χ1n) is 4.56. The molecule has 0 heterocycles. The molecule has 0 aliphatic carbocycles. The van der Waals surface area contributed by atoms with Crippen molar-refractivity contribution in [2.24, 2.45) is 27.2 Å². The summed E-state index contributed by atoms with van der Waals surface area (Å²) < 4.78 is 36.9. The van der Waals surface area contributed by atoms with Gasteiger partial charge < -0.3 is 17.2 Å². The molecule has 0 saturated heterocycles. The van der Waals surface area contributed by atoms with E-state index >= 15 is 0 Å². The van der Waals surface area contributed by atoms with Crippen LogP contribution in [0.15, 0.2) is 39.1 Å². The molecular formula is C9H10F3N5S. The minimum Gasteiger partial charge on any atom is -0.370 e. The molecule has 1 aromatic rings. The van der Waals surface area contributed by atoms with E-state index in [1.165, 1.54) is 24.3 Å². The van der Waals surface area contributed by atoms with Crippen LogP contribution < -0.4 is 17.2 Å². The quantitative estimate of drug-likeness (QED) is 0.433. The second-order valence-electron chi connectivity index (χ2n) is 3.02. The van der Waals surface area contributed by atoms with Gasteiger partial charge in [0.15, 0.2) is 5.96 Å². The van der Waals surface area contributed by atoms with E-state index in [4.69, 9.17) is 17.2 Å². The third-order valence-electron chi connectivity index (χ3n) is 1.57. The predicted octanol–water partition coefficient (Wildman–Crippen LogP) is 1.52. The van der Waals surface area contributed by atoms with Gasteiger partial charge in [-0.1, -0.05) is 12.1 Å². The van der Waals surface area contributed by atoms with Crippen molar-refractivity contribution >= 4 is 29.4 Å². The number of aliphatic imine (C=N–C) groups is 2. The van der Waals surface area contributed by atoms with Gasteiger partial charge in [-0.05, 0) is 23.9 Å². The molecule has 5 nitrogen and oxygen atoms in total. The lowest BCUT2D eigenvalue weighted by molar-refractivity contribution is -0.0328. The van der Waals surface area contributed by atoms with Crippen molar-refractivity contribution in [1.29, 1.82) is 0 Å². The van der Waals surface area contributed by atoms with Crippen molar-refractivity contribution < 1.29 is 13.2 Å². The zero-order chi connectivity index (χ0) is 13.8. The Bertz CT molecular complexity index is 479. The molecule has 0 aliphatic heterocycles. The number of benzene rings is 1. The maximum Gasteiger partial charge on any atom is 0.446 e. The highest BCUT2D eigenvalue weighted by atomic mass is 32.2. The summed E-state index contributed by atoms with van der Waals surface area (Å²) in [6.07, 6.45) is 0. The Morgan fingerprint density at radius 3 is 2.28 bits per heavy atom. The summed E-state index contributed by atoms with van der Waals surface area (Å²) in [5.41, 5.74) is 11.1. The zero-order valence-corrected chi connectivity index (χ0v) is 9.79. The molecule has 18 heavy (non-hydrogen) atoms. The van der Waals surface area contributed by atoms with Crippen molar-refractivity contribution in [3.63, 3.8) is 0 Å². The summed E-state index contributed by atoms with van der Waals surface area (Å²) in [6, 6.07) is 5.65. The molecule has 0 spiro atoms. The number of thioether (sulfide) groups is 1. The van der Waals surface area contributed by atoms with Gasteiger partial charge >= 0.3 is 5.51 Å². The van der Waals surface area contributed by atoms with E-state index in [2.05, 4.69) is 9.98 Å². The van der Waals surface area contributed by atoms with Crippen molar-refractivity contribution in [1.82, 2.24) is 0 Å². The molecule has 6 N–H and O–H groups in total. The Labute approximate surface area is 105 Å². The van der Waals surface area contributed by atoms with Crippen LogP contribution >= 0.6 is 11.8 Å². The van der Waals surface area contributed by atoms with Crippen LogP contribution in [0.2, 0.25) is 0 Å². The smallest absolute Gasteiger partial charge is 0.370 e. The lowest BCUT2D eigenvalue weighted by Gasteiger charge is -2.07. The molecule has 98 valence electrons. The van der Waals surface area contributed by atoms with E-state index in [0.717, 1.165) is 0 Å². The fourth-order valence-electron chi connectivity index (χ4n) is 1.04. The maximum absolute atomic E-state index is 12.3. The molecule has 0 atom stereocenters. The highest BCUT2D eigenvalue weighted by Crippen LogP contribution is 2.41. The molecule has 9 heteroatoms. The van der Waals surface area contributed by atoms with Gasteiger partial charge in [0.2, 0.25) is 5.96 Å². The first-order valence-corrected chi connectivity index (χ1v) is 5.38. The van der Waals surface area contributed by atoms with E-state index < -0.39 is 5.51 Å². The number of rotatable bonds is 2. The Morgan fingerprint density at radius 2 is 1.72 bits per heavy atom. The fourth-order valence-corrected chi connectivity index (χ4v) is 1.66. The highest BCUT2D eigenvalue weighted by Gasteiger charge is 2.30. The highest BCUT2D eigenvalue weighted by molar-refractivity contribution is 8.00. The van der Waals surface area contributed by atoms with Crippen LogP contribution in [-0.2, 0) is 0 Å². The SMILES string of the molecule is NC(N)=NC(N)=Nc1ccccc1SC(F)(F)F. The van der Waals surface area contributed by atoms with Crippen LogP contribution in [0.3, 0.4) is 0 Å². The molecule has 1 rings (SSSR count). The van der Waals surface area contributed by atoms with Gasteiger partial charge in [-0.25, -0.2) is 4.99 Å². The van der Waals surface area contributed by atoms with Crippen molar-refractivity contribution in [3.8, 4) is 0 Å². The lowest BCUT2D eigenvalue weighted by atomic mass is 10.3. The van der Waals surface area contributed by atoms with Crippen LogP contribution in [0.1, 0.15) is 0 Å². The number of hydrogen-bond donors (Lipinski definition) is 3. The van der Waals surface area contributed by atoms with Crippen molar-refractivity contribution in [2.45, 2.75) is 10.4 Å². The van der Waals surface area contributed by atoms with Crippen LogP contribution in [0.5, 0.6) is 0 Å². The largest absolute Gasteiger partial charge is 0.446 e. The molecule has 0 aromatic heterocycles. The Morgan fingerprint density at radius 1 is 1.11 bits per heavy atom. The van der Waals surface area contributed by atoms with E-state index in [9.17, 15) is 13.2 Å². The molecular weight excluding hydrogens is 267 g/mol. The van der Waals surface area contributed by atoms with E-state index in [-0.39, 0.29) is 34.3 Å². The Kier molecular flexibility index (Phi) is 4.43. The average molecular weight is 277 g/mol. The summed E-state index contributed by atoms with van der Waals surface area (Å²) in [6.45, 7) is 0. The summed E-state index contributed by atoms with van der Waals surface area (Å²) in [5.74, 6) is -0.637. The molecule has 1 aromatic carbocycles. The first kappa shape index (κ1) is 14.2. The molecule has 0 amide bonds. The minimum atomic E-state index is -4.41. The van der Waals surface area contributed by atoms with Gasteiger partial charge in [-0.15, -0.1) is 0 Å². The van der Waals surface area contributed by atoms with Gasteiger partial charge in [0.05, 0.1) is 5.69 Å². The second kappa shape index (κ2) is 5.63. The molecule has 0 bridgehead atoms. The van der Waals surface area contributed by atoms with Crippen LogP contribution in [0.4, 0.5) is 18.9 Å². The van der Waals surface area contributed by atoms with Gasteiger partial charge in [0.25, 0.3) is 0 Å². The van der Waals surface area contributed by atoms with Gasteiger partial charge in [0, 0.05) is 4.90 Å². The lowest BCUT2D eigenvalue weighted by Crippen LogP contribution is -2.26. The maximum atomic E-state index is 12.3. The summed E-state index contributed by atoms with van der Waals surface area (Å²) >= 11 is -0.285.